The molecule has 8 heteroatoms. The minimum absolute atomic E-state index is 0.0678. The molecule has 0 fully saturated rings. The zero-order valence-corrected chi connectivity index (χ0v) is 19.7. The number of benzene rings is 1. The first-order chi connectivity index (χ1) is 14.3. The van der Waals surface area contributed by atoms with Crippen molar-refractivity contribution in [3.05, 3.63) is 50.9 Å². The van der Waals surface area contributed by atoms with Crippen LogP contribution in [0.15, 0.2) is 29.1 Å². The average Bonchev–Trinajstić information content (AvgIpc) is 3.02. The number of fused-ring (bicyclic) bond motifs is 1. The summed E-state index contributed by atoms with van der Waals surface area (Å²) in [6, 6.07) is 7.90. The molecule has 0 spiro atoms. The first kappa shape index (κ1) is 22.4. The van der Waals surface area contributed by atoms with Crippen molar-refractivity contribution in [2.24, 2.45) is 0 Å². The van der Waals surface area contributed by atoms with Gasteiger partial charge in [-0.05, 0) is 64.4 Å². The molecule has 1 aromatic carbocycles. The van der Waals surface area contributed by atoms with Crippen molar-refractivity contribution in [2.45, 2.75) is 45.6 Å². The summed E-state index contributed by atoms with van der Waals surface area (Å²) >= 11 is 2.98. The Kier molecular flexibility index (Phi) is 7.20. The minimum atomic E-state index is -0.278. The van der Waals surface area contributed by atoms with Crippen LogP contribution < -0.4 is 15.8 Å². The van der Waals surface area contributed by atoms with E-state index in [1.807, 2.05) is 45.0 Å². The highest BCUT2D eigenvalue weighted by Gasteiger charge is 2.16. The summed E-state index contributed by atoms with van der Waals surface area (Å²) < 4.78 is 0. The second-order valence-electron chi connectivity index (χ2n) is 7.14. The highest BCUT2D eigenvalue weighted by molar-refractivity contribution is 7.99. The fourth-order valence-corrected chi connectivity index (χ4v) is 5.04. The fraction of sp³-hybridized carbons (Fsp3) is 0.409. The van der Waals surface area contributed by atoms with Gasteiger partial charge in [-0.25, -0.2) is 4.98 Å². The normalized spacial score (nSPS) is 12.2. The van der Waals surface area contributed by atoms with Crippen LogP contribution in [0.3, 0.4) is 0 Å². The van der Waals surface area contributed by atoms with E-state index in [-0.39, 0.29) is 16.7 Å². The molecule has 2 aromatic heterocycles. The van der Waals surface area contributed by atoms with Gasteiger partial charge < -0.3 is 15.2 Å². The lowest BCUT2D eigenvalue weighted by molar-refractivity contribution is -0.115. The summed E-state index contributed by atoms with van der Waals surface area (Å²) in [6.07, 6.45) is 0. The lowest BCUT2D eigenvalue weighted by atomic mass is 10.2. The number of H-pyrrole nitrogens is 1. The van der Waals surface area contributed by atoms with E-state index in [9.17, 15) is 9.59 Å². The number of amides is 1. The van der Waals surface area contributed by atoms with Gasteiger partial charge in [0.15, 0.2) is 0 Å². The third kappa shape index (κ3) is 4.87. The van der Waals surface area contributed by atoms with Gasteiger partial charge in [0.05, 0.1) is 16.4 Å². The van der Waals surface area contributed by atoms with Crippen LogP contribution in [0.2, 0.25) is 0 Å². The maximum atomic E-state index is 12.6. The van der Waals surface area contributed by atoms with Crippen LogP contribution >= 0.6 is 23.1 Å². The van der Waals surface area contributed by atoms with Gasteiger partial charge in [-0.3, -0.25) is 9.59 Å². The molecule has 2 heterocycles. The van der Waals surface area contributed by atoms with Crippen molar-refractivity contribution in [3.63, 3.8) is 0 Å². The molecule has 1 unspecified atom stereocenters. The highest BCUT2D eigenvalue weighted by Crippen LogP contribution is 2.27. The molecule has 0 saturated carbocycles. The van der Waals surface area contributed by atoms with Gasteiger partial charge in [0, 0.05) is 29.3 Å². The number of thioether (sulfide) groups is 1. The quantitative estimate of drug-likeness (QED) is 0.526. The molecule has 30 heavy (non-hydrogen) atoms. The van der Waals surface area contributed by atoms with Gasteiger partial charge in [0.1, 0.15) is 10.7 Å². The van der Waals surface area contributed by atoms with E-state index in [1.54, 1.807) is 0 Å². The molecular formula is C22H28N4O2S2. The van der Waals surface area contributed by atoms with Gasteiger partial charge in [-0.1, -0.05) is 0 Å². The Balaban J connectivity index is 1.61. The summed E-state index contributed by atoms with van der Waals surface area (Å²) in [7, 11) is 0. The fourth-order valence-electron chi connectivity index (χ4n) is 3.24. The number of nitrogens with zero attached hydrogens (tertiary/aromatic N) is 2. The Labute approximate surface area is 185 Å². The number of anilines is 2. The zero-order valence-electron chi connectivity index (χ0n) is 18.0. The van der Waals surface area contributed by atoms with E-state index >= 15 is 0 Å². The number of hydrogen-bond donors (Lipinski definition) is 2. The summed E-state index contributed by atoms with van der Waals surface area (Å²) in [5.74, 6) is 1.00. The van der Waals surface area contributed by atoms with Crippen LogP contribution in [0.5, 0.6) is 0 Å². The predicted octanol–water partition coefficient (Wildman–Crippen LogP) is 4.71. The summed E-state index contributed by atoms with van der Waals surface area (Å²) in [5, 5.41) is 3.36. The van der Waals surface area contributed by atoms with Gasteiger partial charge in [0.25, 0.3) is 5.56 Å². The van der Waals surface area contributed by atoms with Gasteiger partial charge in [-0.15, -0.1) is 23.1 Å². The molecule has 0 radical (unpaired) electrons. The van der Waals surface area contributed by atoms with Crippen molar-refractivity contribution in [1.29, 1.82) is 0 Å². The second kappa shape index (κ2) is 9.66. The van der Waals surface area contributed by atoms with Gasteiger partial charge in [0.2, 0.25) is 5.91 Å². The number of carbonyl (C=O) groups is 1. The van der Waals surface area contributed by atoms with E-state index in [1.165, 1.54) is 23.1 Å². The predicted molar refractivity (Wildman–Crippen MR) is 129 cm³/mol. The molecule has 6 nitrogen and oxygen atoms in total. The zero-order chi connectivity index (χ0) is 21.8. The monoisotopic (exact) mass is 444 g/mol. The number of aromatic nitrogens is 2. The maximum Gasteiger partial charge on any atom is 0.259 e. The Morgan fingerprint density at radius 1 is 1.23 bits per heavy atom. The van der Waals surface area contributed by atoms with Crippen molar-refractivity contribution in [1.82, 2.24) is 9.97 Å². The third-order valence-electron chi connectivity index (χ3n) is 5.19. The number of nitrogens with one attached hydrogen (secondary N) is 2. The van der Waals surface area contributed by atoms with Crippen LogP contribution in [0, 0.1) is 13.8 Å². The first-order valence-corrected chi connectivity index (χ1v) is 12.0. The first-order valence-electron chi connectivity index (χ1n) is 10.1. The van der Waals surface area contributed by atoms with Crippen molar-refractivity contribution in [2.75, 3.05) is 23.3 Å². The summed E-state index contributed by atoms with van der Waals surface area (Å²) in [5.41, 5.74) is 2.80. The number of hydrogen-bond acceptors (Lipinski definition) is 6. The van der Waals surface area contributed by atoms with E-state index in [0.29, 0.717) is 17.0 Å². The topological polar surface area (TPSA) is 78.1 Å². The van der Waals surface area contributed by atoms with Crippen LogP contribution in [0.25, 0.3) is 10.2 Å². The SMILES string of the molecule is CCN(CC)c1ccc(NC(=O)C(C)SCc2nc3sc(C)c(C)c3c(=O)[nH]2)cc1. The van der Waals surface area contributed by atoms with E-state index in [2.05, 4.69) is 34.0 Å². The highest BCUT2D eigenvalue weighted by atomic mass is 32.2. The molecular weight excluding hydrogens is 416 g/mol. The van der Waals surface area contributed by atoms with Gasteiger partial charge >= 0.3 is 0 Å². The molecule has 1 atom stereocenters. The van der Waals surface area contributed by atoms with Crippen LogP contribution in [0.4, 0.5) is 11.4 Å². The van der Waals surface area contributed by atoms with Crippen LogP contribution in [-0.4, -0.2) is 34.2 Å². The van der Waals surface area contributed by atoms with Crippen molar-refractivity contribution in [3.8, 4) is 0 Å². The standard InChI is InChI=1S/C22H28N4O2S2/c1-6-26(7-2)17-10-8-16(9-11-17)23-20(27)15(5)29-12-18-24-21(28)19-13(3)14(4)30-22(19)25-18/h8-11,15H,6-7,12H2,1-5H3,(H,23,27)(H,24,25,28). The molecule has 0 bridgehead atoms. The molecule has 3 rings (SSSR count). The van der Waals surface area contributed by atoms with E-state index < -0.39 is 0 Å². The number of carbonyl (C=O) groups excluding carboxylic acids is 1. The smallest absolute Gasteiger partial charge is 0.259 e. The van der Waals surface area contributed by atoms with Crippen molar-refractivity contribution >= 4 is 50.6 Å². The van der Waals surface area contributed by atoms with Crippen LogP contribution in [0.1, 0.15) is 37.0 Å². The molecule has 0 aliphatic rings. The molecule has 3 aromatic rings. The molecule has 0 aliphatic carbocycles. The van der Waals surface area contributed by atoms with Crippen molar-refractivity contribution < 1.29 is 4.79 Å². The number of rotatable bonds is 8. The third-order valence-corrected chi connectivity index (χ3v) is 7.45. The Hall–Kier alpha value is -2.32. The number of aryl methyl sites for hydroxylation is 2. The summed E-state index contributed by atoms with van der Waals surface area (Å²) in [6.45, 7) is 11.9. The molecule has 0 aliphatic heterocycles. The summed E-state index contributed by atoms with van der Waals surface area (Å²) in [4.78, 5) is 36.5. The number of thiophene rings is 1. The Bertz CT molecular complexity index is 1080. The number of aromatic amines is 1. The second-order valence-corrected chi connectivity index (χ2v) is 9.67. The molecule has 2 N–H and O–H groups in total. The largest absolute Gasteiger partial charge is 0.372 e. The Morgan fingerprint density at radius 3 is 2.53 bits per heavy atom. The molecule has 0 saturated heterocycles. The average molecular weight is 445 g/mol. The van der Waals surface area contributed by atoms with E-state index in [4.69, 9.17) is 0 Å². The lowest BCUT2D eigenvalue weighted by Crippen LogP contribution is -2.23. The van der Waals surface area contributed by atoms with Crippen LogP contribution in [-0.2, 0) is 10.5 Å². The molecule has 1 amide bonds. The maximum absolute atomic E-state index is 12.6. The minimum Gasteiger partial charge on any atom is -0.372 e. The van der Waals surface area contributed by atoms with E-state index in [0.717, 1.165) is 39.7 Å². The lowest BCUT2D eigenvalue weighted by Gasteiger charge is -2.21. The molecule has 160 valence electrons. The van der Waals surface area contributed by atoms with Gasteiger partial charge in [-0.2, -0.15) is 0 Å². The Morgan fingerprint density at radius 2 is 1.90 bits per heavy atom.